The maximum atomic E-state index is 12.6. The van der Waals surface area contributed by atoms with Crippen molar-refractivity contribution in [3.05, 3.63) is 77.1 Å². The fraction of sp³-hybridized carbons (Fsp3) is 0.0952. The third kappa shape index (κ3) is 3.72. The van der Waals surface area contributed by atoms with E-state index in [-0.39, 0.29) is 12.7 Å². The molecule has 0 bridgehead atoms. The van der Waals surface area contributed by atoms with Crippen molar-refractivity contribution in [2.75, 3.05) is 12.1 Å². The number of aromatic nitrogens is 4. The number of nitrogens with one attached hydrogen (secondary N) is 2. The lowest BCUT2D eigenvalue weighted by molar-refractivity contribution is 0.102. The number of benzene rings is 2. The molecule has 3 heterocycles. The Bertz CT molecular complexity index is 1230. The first-order valence-electron chi connectivity index (χ1n) is 9.19. The molecule has 9 heteroatoms. The van der Waals surface area contributed by atoms with E-state index >= 15 is 0 Å². The molecule has 2 N–H and O–H groups in total. The molecular formula is C21H16ClN5O3. The Balaban J connectivity index is 1.27. The number of nitrogens with zero attached hydrogens (tertiary/aromatic N) is 3. The number of rotatable bonds is 5. The zero-order valence-electron chi connectivity index (χ0n) is 15.6. The first-order valence-corrected chi connectivity index (χ1v) is 9.56. The monoisotopic (exact) mass is 421 g/mol. The molecule has 0 radical (unpaired) electrons. The Labute approximate surface area is 176 Å². The summed E-state index contributed by atoms with van der Waals surface area (Å²) in [6.45, 7) is 0.756. The van der Waals surface area contributed by atoms with Gasteiger partial charge in [-0.2, -0.15) is 10.2 Å². The van der Waals surface area contributed by atoms with Crippen LogP contribution in [-0.2, 0) is 6.54 Å². The lowest BCUT2D eigenvalue weighted by Gasteiger charge is -2.03. The molecule has 0 spiro atoms. The van der Waals surface area contributed by atoms with Crippen LogP contribution in [0.4, 0.5) is 5.82 Å². The Hall–Kier alpha value is -3.78. The normalized spacial score (nSPS) is 12.2. The topological polar surface area (TPSA) is 94.1 Å². The van der Waals surface area contributed by atoms with E-state index in [1.807, 2.05) is 42.5 Å². The summed E-state index contributed by atoms with van der Waals surface area (Å²) in [4.78, 5) is 12.6. The summed E-state index contributed by atoms with van der Waals surface area (Å²) in [6.07, 6.45) is 1.79. The van der Waals surface area contributed by atoms with Gasteiger partial charge in [0.1, 0.15) is 5.69 Å². The lowest BCUT2D eigenvalue weighted by atomic mass is 10.1. The molecular weight excluding hydrogens is 406 g/mol. The summed E-state index contributed by atoms with van der Waals surface area (Å²) in [5, 5.41) is 14.8. The van der Waals surface area contributed by atoms with Gasteiger partial charge in [0, 0.05) is 22.8 Å². The van der Waals surface area contributed by atoms with Crippen molar-refractivity contribution in [2.24, 2.45) is 0 Å². The van der Waals surface area contributed by atoms with Crippen LogP contribution in [0.25, 0.3) is 11.3 Å². The van der Waals surface area contributed by atoms with E-state index in [9.17, 15) is 4.79 Å². The van der Waals surface area contributed by atoms with Crippen LogP contribution in [0.3, 0.4) is 0 Å². The van der Waals surface area contributed by atoms with Gasteiger partial charge in [-0.25, -0.2) is 0 Å². The SMILES string of the molecule is O=C(Nc1ccn(Cc2cccc(Cl)c2)n1)c1cc(-c2ccc3c(c2)OCO3)n[nH]1. The molecule has 0 atom stereocenters. The van der Waals surface area contributed by atoms with Crippen LogP contribution in [0.2, 0.25) is 5.02 Å². The highest BCUT2D eigenvalue weighted by Gasteiger charge is 2.17. The molecule has 1 aliphatic rings. The summed E-state index contributed by atoms with van der Waals surface area (Å²) in [5.74, 6) is 1.47. The van der Waals surface area contributed by atoms with Gasteiger partial charge in [-0.1, -0.05) is 23.7 Å². The van der Waals surface area contributed by atoms with Gasteiger partial charge in [0.15, 0.2) is 17.3 Å². The minimum Gasteiger partial charge on any atom is -0.454 e. The fourth-order valence-electron chi connectivity index (χ4n) is 3.16. The van der Waals surface area contributed by atoms with Crippen molar-refractivity contribution in [3.63, 3.8) is 0 Å². The molecule has 0 saturated heterocycles. The fourth-order valence-corrected chi connectivity index (χ4v) is 3.38. The first kappa shape index (κ1) is 18.3. The average Bonchev–Trinajstić information content (AvgIpc) is 3.48. The second-order valence-electron chi connectivity index (χ2n) is 6.72. The lowest BCUT2D eigenvalue weighted by Crippen LogP contribution is -2.13. The van der Waals surface area contributed by atoms with E-state index in [1.54, 1.807) is 23.0 Å². The van der Waals surface area contributed by atoms with Gasteiger partial charge in [-0.15, -0.1) is 0 Å². The van der Waals surface area contributed by atoms with Crippen LogP contribution >= 0.6 is 11.6 Å². The number of fused-ring (bicyclic) bond motifs is 1. The number of ether oxygens (including phenoxy) is 2. The van der Waals surface area contributed by atoms with Gasteiger partial charge in [0.25, 0.3) is 5.91 Å². The van der Waals surface area contributed by atoms with Crippen molar-refractivity contribution in [2.45, 2.75) is 6.54 Å². The summed E-state index contributed by atoms with van der Waals surface area (Å²) >= 11 is 6.02. The average molecular weight is 422 g/mol. The maximum Gasteiger partial charge on any atom is 0.274 e. The van der Waals surface area contributed by atoms with Crippen LogP contribution < -0.4 is 14.8 Å². The van der Waals surface area contributed by atoms with E-state index in [0.717, 1.165) is 11.1 Å². The maximum absolute atomic E-state index is 12.6. The molecule has 0 saturated carbocycles. The molecule has 5 rings (SSSR count). The molecule has 1 amide bonds. The van der Waals surface area contributed by atoms with Crippen molar-refractivity contribution < 1.29 is 14.3 Å². The van der Waals surface area contributed by atoms with Gasteiger partial charge in [0.2, 0.25) is 6.79 Å². The zero-order chi connectivity index (χ0) is 20.5. The Morgan fingerprint density at radius 1 is 1.13 bits per heavy atom. The number of H-pyrrole nitrogens is 1. The molecule has 2 aromatic heterocycles. The number of amides is 1. The first-order chi connectivity index (χ1) is 14.6. The summed E-state index contributed by atoms with van der Waals surface area (Å²) in [5.41, 5.74) is 2.79. The van der Waals surface area contributed by atoms with Crippen molar-refractivity contribution in [1.82, 2.24) is 20.0 Å². The number of hydrogen-bond donors (Lipinski definition) is 2. The number of carbonyl (C=O) groups is 1. The predicted octanol–water partition coefficient (Wildman–Crippen LogP) is 3.96. The minimum absolute atomic E-state index is 0.205. The zero-order valence-corrected chi connectivity index (χ0v) is 16.4. The highest BCUT2D eigenvalue weighted by Crippen LogP contribution is 2.35. The van der Waals surface area contributed by atoms with E-state index in [0.29, 0.717) is 40.3 Å². The summed E-state index contributed by atoms with van der Waals surface area (Å²) < 4.78 is 12.4. The van der Waals surface area contributed by atoms with Gasteiger partial charge in [0.05, 0.1) is 12.2 Å². The molecule has 0 unspecified atom stereocenters. The molecule has 30 heavy (non-hydrogen) atoms. The standard InChI is InChI=1S/C21H16ClN5O3/c22-15-3-1-2-13(8-15)11-27-7-6-20(26-27)23-21(28)17-10-16(24-25-17)14-4-5-18-19(9-14)30-12-29-18/h1-10H,11-12H2,(H,24,25)(H,23,26,28). The summed E-state index contributed by atoms with van der Waals surface area (Å²) in [7, 11) is 0. The molecule has 4 aromatic rings. The van der Waals surface area contributed by atoms with Crippen molar-refractivity contribution in [3.8, 4) is 22.8 Å². The van der Waals surface area contributed by atoms with Crippen LogP contribution in [0.5, 0.6) is 11.5 Å². The molecule has 150 valence electrons. The molecule has 1 aliphatic heterocycles. The van der Waals surface area contributed by atoms with Crippen molar-refractivity contribution in [1.29, 1.82) is 0 Å². The minimum atomic E-state index is -0.331. The van der Waals surface area contributed by atoms with Crippen LogP contribution in [0.1, 0.15) is 16.1 Å². The highest BCUT2D eigenvalue weighted by molar-refractivity contribution is 6.30. The molecule has 2 aromatic carbocycles. The number of carbonyl (C=O) groups excluding carboxylic acids is 1. The third-order valence-corrected chi connectivity index (χ3v) is 4.84. The van der Waals surface area contributed by atoms with Gasteiger partial charge < -0.3 is 14.8 Å². The van der Waals surface area contributed by atoms with E-state index in [4.69, 9.17) is 21.1 Å². The number of hydrogen-bond acceptors (Lipinski definition) is 5. The second-order valence-corrected chi connectivity index (χ2v) is 7.15. The quantitative estimate of drug-likeness (QED) is 0.508. The predicted molar refractivity (Wildman–Crippen MR) is 111 cm³/mol. The Kier molecular flexibility index (Phi) is 4.61. The number of aromatic amines is 1. The van der Waals surface area contributed by atoms with Gasteiger partial charge in [-0.3, -0.25) is 14.6 Å². The van der Waals surface area contributed by atoms with Gasteiger partial charge >= 0.3 is 0 Å². The molecule has 0 aliphatic carbocycles. The molecule has 8 nitrogen and oxygen atoms in total. The smallest absolute Gasteiger partial charge is 0.274 e. The van der Waals surface area contributed by atoms with Crippen LogP contribution in [0, 0.1) is 0 Å². The Morgan fingerprint density at radius 3 is 2.93 bits per heavy atom. The van der Waals surface area contributed by atoms with E-state index in [2.05, 4.69) is 20.6 Å². The van der Waals surface area contributed by atoms with E-state index < -0.39 is 0 Å². The Morgan fingerprint density at radius 2 is 2.03 bits per heavy atom. The van der Waals surface area contributed by atoms with Crippen LogP contribution in [-0.4, -0.2) is 32.7 Å². The van der Waals surface area contributed by atoms with Crippen molar-refractivity contribution >= 4 is 23.3 Å². The summed E-state index contributed by atoms with van der Waals surface area (Å²) in [6, 6.07) is 16.5. The van der Waals surface area contributed by atoms with Gasteiger partial charge in [-0.05, 0) is 42.0 Å². The second kappa shape index (κ2) is 7.57. The van der Waals surface area contributed by atoms with Crippen LogP contribution in [0.15, 0.2) is 60.8 Å². The van der Waals surface area contributed by atoms with E-state index in [1.165, 1.54) is 0 Å². The largest absolute Gasteiger partial charge is 0.454 e. The number of halogens is 1. The highest BCUT2D eigenvalue weighted by atomic mass is 35.5. The number of anilines is 1. The molecule has 0 fully saturated rings. The third-order valence-electron chi connectivity index (χ3n) is 4.61.